The smallest absolute Gasteiger partial charge is 0.343 e. The molecule has 0 aliphatic heterocycles. The highest BCUT2D eigenvalue weighted by atomic mass is 32.2. The largest absolute Gasteiger partial charge is 0.494 e. The van der Waals surface area contributed by atoms with Crippen LogP contribution in [-0.4, -0.2) is 61.9 Å². The maximum atomic E-state index is 13.1. The van der Waals surface area contributed by atoms with Gasteiger partial charge in [0.15, 0.2) is 0 Å². The summed E-state index contributed by atoms with van der Waals surface area (Å²) in [7, 11) is 0. The van der Waals surface area contributed by atoms with Gasteiger partial charge >= 0.3 is 23.9 Å². The van der Waals surface area contributed by atoms with E-state index in [1.807, 2.05) is 66.7 Å². The lowest BCUT2D eigenvalue weighted by Crippen LogP contribution is -2.08. The number of ether oxygens (including phenoxy) is 9. The first-order valence-corrected chi connectivity index (χ1v) is 30.1. The fraction of sp³-hybridized carbons (Fsp3) is 0.282. The lowest BCUT2D eigenvalue weighted by atomic mass is 10.1. The molecule has 0 saturated heterocycles. The van der Waals surface area contributed by atoms with Crippen LogP contribution in [-0.2, 0) is 32.3 Å². The molecule has 0 aliphatic rings. The number of rotatable bonds is 36. The van der Waals surface area contributed by atoms with Crippen LogP contribution in [0.3, 0.4) is 0 Å². The maximum Gasteiger partial charge on any atom is 0.343 e. The number of carbonyl (C=O) groups excluding carboxylic acids is 4. The Kier molecular flexibility index (Phi) is 24.9. The number of nitrogens with zero attached hydrogens (tertiary/aromatic N) is 1. The third kappa shape index (κ3) is 20.3. The molecule has 15 heteroatoms. The van der Waals surface area contributed by atoms with Crippen molar-refractivity contribution in [1.29, 1.82) is 0 Å². The minimum atomic E-state index is -0.478. The number of benzene rings is 7. The molecule has 14 nitrogen and oxygen atoms in total. The van der Waals surface area contributed by atoms with Gasteiger partial charge in [-0.3, -0.25) is 0 Å². The van der Waals surface area contributed by atoms with Gasteiger partial charge in [0.1, 0.15) is 58.5 Å². The zero-order valence-electron chi connectivity index (χ0n) is 48.7. The Labute approximate surface area is 507 Å². The molecule has 1 aromatic heterocycles. The normalized spacial score (nSPS) is 10.9. The molecule has 0 unspecified atom stereocenters. The van der Waals surface area contributed by atoms with Gasteiger partial charge in [-0.1, -0.05) is 75.4 Å². The fourth-order valence-corrected chi connectivity index (χ4v) is 9.85. The van der Waals surface area contributed by atoms with Crippen molar-refractivity contribution in [2.45, 2.75) is 107 Å². The molecular formula is C71H73NO13S. The van der Waals surface area contributed by atoms with Gasteiger partial charge in [0.05, 0.1) is 49.7 Å². The highest BCUT2D eigenvalue weighted by Crippen LogP contribution is 2.39. The molecule has 0 amide bonds. The lowest BCUT2D eigenvalue weighted by Gasteiger charge is -2.14. The second-order valence-electron chi connectivity index (χ2n) is 20.2. The van der Waals surface area contributed by atoms with Crippen molar-refractivity contribution in [2.24, 2.45) is 0 Å². The SMILES string of the molecule is C=CC(=O)OCCCCCCOc1ccc(OC(=O)c2ccc(COc3ccc4c(c3)nc(Sc3ccc(OCCCCCC)cc3)c3cc(OCc5ccc(C(=O)Oc6ccc(OCCCCCCOC(=O)C=C)cc6)cc5)ccc34)cc2)cc1. The summed E-state index contributed by atoms with van der Waals surface area (Å²) in [6.07, 6.45) is 13.9. The molecule has 8 rings (SSSR count). The Morgan fingerprint density at radius 3 is 1.26 bits per heavy atom. The van der Waals surface area contributed by atoms with Gasteiger partial charge in [-0.25, -0.2) is 24.2 Å². The summed E-state index contributed by atoms with van der Waals surface area (Å²) in [6.45, 7) is 12.1. The van der Waals surface area contributed by atoms with E-state index in [1.165, 1.54) is 12.8 Å². The van der Waals surface area contributed by atoms with Crippen LogP contribution in [0.25, 0.3) is 21.7 Å². The molecule has 0 atom stereocenters. The van der Waals surface area contributed by atoms with Gasteiger partial charge in [-0.2, -0.15) is 0 Å². The molecule has 0 N–H and O–H groups in total. The number of hydrogen-bond donors (Lipinski definition) is 0. The summed E-state index contributed by atoms with van der Waals surface area (Å²) in [5.74, 6) is 2.55. The van der Waals surface area contributed by atoms with E-state index in [2.05, 4.69) is 38.3 Å². The number of unbranched alkanes of at least 4 members (excludes halogenated alkanes) is 9. The summed E-state index contributed by atoms with van der Waals surface area (Å²) < 4.78 is 51.8. The summed E-state index contributed by atoms with van der Waals surface area (Å²) in [6, 6.07) is 48.3. The predicted octanol–water partition coefficient (Wildman–Crippen LogP) is 16.4. The molecule has 8 aromatic rings. The van der Waals surface area contributed by atoms with E-state index >= 15 is 0 Å². The van der Waals surface area contributed by atoms with Gasteiger partial charge in [0.25, 0.3) is 0 Å². The van der Waals surface area contributed by atoms with Gasteiger partial charge in [-0.15, -0.1) is 0 Å². The molecule has 0 radical (unpaired) electrons. The molecular weight excluding hydrogens is 1110 g/mol. The van der Waals surface area contributed by atoms with E-state index in [9.17, 15) is 19.2 Å². The minimum absolute atomic E-state index is 0.262. The standard InChI is InChI=1S/C71H73NO13S/c1-4-7-8-13-42-79-57-34-38-62(39-35-57)86-69-65-47-60(82-49-51-18-22-53(23-19-51)70(75)84-58-30-26-55(27-31-58)77-43-14-9-11-16-45-80-67(73)5-2)36-40-63(65)64-41-37-61(48-66(64)72-69)83-50-52-20-24-54(25-21-52)71(76)85-59-32-28-56(29-33-59)78-44-15-10-12-17-46-81-68(74)6-3/h5-6,18-41,47-48H,2-4,7-17,42-46,49-50H2,1H3. The molecule has 7 aromatic carbocycles. The van der Waals surface area contributed by atoms with E-state index < -0.39 is 23.9 Å². The summed E-state index contributed by atoms with van der Waals surface area (Å²) >= 11 is 1.56. The van der Waals surface area contributed by atoms with Crippen LogP contribution in [0, 0.1) is 0 Å². The van der Waals surface area contributed by atoms with Crippen molar-refractivity contribution in [3.63, 3.8) is 0 Å². The van der Waals surface area contributed by atoms with Crippen molar-refractivity contribution in [3.8, 4) is 40.2 Å². The highest BCUT2D eigenvalue weighted by molar-refractivity contribution is 7.99. The van der Waals surface area contributed by atoms with Crippen LogP contribution in [0.15, 0.2) is 193 Å². The van der Waals surface area contributed by atoms with Crippen LogP contribution in [0.5, 0.6) is 40.2 Å². The van der Waals surface area contributed by atoms with Gasteiger partial charge in [0.2, 0.25) is 0 Å². The molecule has 86 heavy (non-hydrogen) atoms. The molecule has 1 heterocycles. The zero-order valence-corrected chi connectivity index (χ0v) is 49.5. The van der Waals surface area contributed by atoms with E-state index in [0.717, 1.165) is 125 Å². The van der Waals surface area contributed by atoms with E-state index in [0.29, 0.717) is 78.7 Å². The highest BCUT2D eigenvalue weighted by Gasteiger charge is 2.16. The van der Waals surface area contributed by atoms with Crippen LogP contribution in [0.4, 0.5) is 0 Å². The molecule has 0 saturated carbocycles. The minimum Gasteiger partial charge on any atom is -0.494 e. The van der Waals surface area contributed by atoms with Crippen molar-refractivity contribution in [2.75, 3.05) is 33.0 Å². The predicted molar refractivity (Wildman–Crippen MR) is 334 cm³/mol. The zero-order chi connectivity index (χ0) is 60.1. The number of esters is 4. The lowest BCUT2D eigenvalue weighted by molar-refractivity contribution is -0.138. The average Bonchev–Trinajstić information content (AvgIpc) is 1.09. The molecule has 0 fully saturated rings. The van der Waals surface area contributed by atoms with Crippen molar-refractivity contribution in [3.05, 3.63) is 205 Å². The number of hydrogen-bond acceptors (Lipinski definition) is 15. The Morgan fingerprint density at radius 1 is 0.407 bits per heavy atom. The summed E-state index contributed by atoms with van der Waals surface area (Å²) in [4.78, 5) is 54.7. The Balaban J connectivity index is 0.853. The summed E-state index contributed by atoms with van der Waals surface area (Å²) in [5, 5.41) is 3.66. The van der Waals surface area contributed by atoms with Crippen LogP contribution in [0.2, 0.25) is 0 Å². The van der Waals surface area contributed by atoms with Crippen LogP contribution < -0.4 is 33.2 Å². The Hall–Kier alpha value is -9.08. The third-order valence-electron chi connectivity index (χ3n) is 13.7. The third-order valence-corrected chi connectivity index (χ3v) is 14.7. The number of fused-ring (bicyclic) bond motifs is 3. The average molecular weight is 1180 g/mol. The monoisotopic (exact) mass is 1180 g/mol. The van der Waals surface area contributed by atoms with Crippen molar-refractivity contribution < 1.29 is 61.8 Å². The quantitative estimate of drug-likeness (QED) is 0.0120. The van der Waals surface area contributed by atoms with Crippen molar-refractivity contribution >= 4 is 57.3 Å². The number of aromatic nitrogens is 1. The van der Waals surface area contributed by atoms with E-state index in [4.69, 9.17) is 47.6 Å². The van der Waals surface area contributed by atoms with Crippen LogP contribution in [0.1, 0.15) is 116 Å². The Bertz CT molecular complexity index is 3480. The molecule has 446 valence electrons. The second kappa shape index (κ2) is 34.0. The second-order valence-corrected chi connectivity index (χ2v) is 21.3. The molecule has 0 aliphatic carbocycles. The molecule has 0 bridgehead atoms. The van der Waals surface area contributed by atoms with E-state index in [-0.39, 0.29) is 13.2 Å². The van der Waals surface area contributed by atoms with E-state index in [1.54, 1.807) is 84.6 Å². The first-order valence-electron chi connectivity index (χ1n) is 29.3. The molecule has 0 spiro atoms. The van der Waals surface area contributed by atoms with Gasteiger partial charge in [-0.05, 0) is 202 Å². The van der Waals surface area contributed by atoms with Crippen LogP contribution >= 0.6 is 11.8 Å². The topological polar surface area (TPSA) is 164 Å². The van der Waals surface area contributed by atoms with Gasteiger partial charge in [0, 0.05) is 33.9 Å². The summed E-state index contributed by atoms with van der Waals surface area (Å²) in [5.41, 5.74) is 3.31. The number of pyridine rings is 1. The first-order chi connectivity index (χ1) is 42.1. The number of carbonyl (C=O) groups is 4. The maximum absolute atomic E-state index is 13.1. The first kappa shape index (κ1) is 63.0. The Morgan fingerprint density at radius 2 is 0.802 bits per heavy atom. The van der Waals surface area contributed by atoms with Crippen molar-refractivity contribution in [1.82, 2.24) is 4.98 Å². The fourth-order valence-electron chi connectivity index (χ4n) is 8.93. The van der Waals surface area contributed by atoms with Gasteiger partial charge < -0.3 is 42.6 Å².